The molecule has 1 aliphatic carbocycles. The fourth-order valence-corrected chi connectivity index (χ4v) is 2.39. The van der Waals surface area contributed by atoms with Gasteiger partial charge in [0.1, 0.15) is 0 Å². The van der Waals surface area contributed by atoms with Gasteiger partial charge in [-0.3, -0.25) is 0 Å². The quantitative estimate of drug-likeness (QED) is 0.720. The third-order valence-electron chi connectivity index (χ3n) is 2.94. The molecule has 2 atom stereocenters. The Labute approximate surface area is 82.5 Å². The molecule has 0 bridgehead atoms. The Hall–Kier alpha value is -0.0800. The summed E-state index contributed by atoms with van der Waals surface area (Å²) in [6, 6.07) is 0.467. The lowest BCUT2D eigenvalue weighted by molar-refractivity contribution is 0.242. The monoisotopic (exact) mass is 184 g/mol. The average Bonchev–Trinajstić information content (AvgIpc) is 2.34. The Bertz CT molecular complexity index is 145. The lowest BCUT2D eigenvalue weighted by Gasteiger charge is -2.24. The molecule has 1 rings (SSSR count). The van der Waals surface area contributed by atoms with E-state index in [9.17, 15) is 0 Å². The van der Waals surface area contributed by atoms with E-state index in [2.05, 4.69) is 25.8 Å². The Morgan fingerprint density at radius 3 is 2.54 bits per heavy atom. The van der Waals surface area contributed by atoms with Gasteiger partial charge in [-0.05, 0) is 31.7 Å². The van der Waals surface area contributed by atoms with E-state index in [4.69, 9.17) is 5.73 Å². The van der Waals surface area contributed by atoms with Crippen molar-refractivity contribution in [1.29, 1.82) is 0 Å². The maximum atomic E-state index is 6.03. The summed E-state index contributed by atoms with van der Waals surface area (Å²) >= 11 is 0. The number of nitrogens with two attached hydrogens (primary N) is 1. The second kappa shape index (κ2) is 4.97. The van der Waals surface area contributed by atoms with E-state index in [1.54, 1.807) is 0 Å². The zero-order valence-corrected chi connectivity index (χ0v) is 9.29. The molecule has 0 spiro atoms. The molecule has 0 heterocycles. The summed E-state index contributed by atoms with van der Waals surface area (Å²) < 4.78 is 0. The first-order valence-corrected chi connectivity index (χ1v) is 5.53. The van der Waals surface area contributed by atoms with E-state index in [0.717, 1.165) is 11.8 Å². The number of nitrogens with zero attached hydrogens (tertiary/aromatic N) is 1. The Morgan fingerprint density at radius 1 is 1.38 bits per heavy atom. The van der Waals surface area contributed by atoms with Crippen LogP contribution in [0.15, 0.2) is 0 Å². The minimum Gasteiger partial charge on any atom is -0.327 e. The third-order valence-corrected chi connectivity index (χ3v) is 2.94. The Kier molecular flexibility index (Phi) is 4.20. The summed E-state index contributed by atoms with van der Waals surface area (Å²) in [6.45, 7) is 6.93. The topological polar surface area (TPSA) is 29.3 Å². The van der Waals surface area contributed by atoms with Crippen LogP contribution in [0.5, 0.6) is 0 Å². The van der Waals surface area contributed by atoms with Crippen molar-refractivity contribution in [2.45, 2.75) is 39.2 Å². The Morgan fingerprint density at radius 2 is 2.08 bits per heavy atom. The maximum absolute atomic E-state index is 6.03. The summed E-state index contributed by atoms with van der Waals surface area (Å²) in [4.78, 5) is 2.43. The van der Waals surface area contributed by atoms with Gasteiger partial charge in [-0.2, -0.15) is 0 Å². The van der Waals surface area contributed by atoms with Gasteiger partial charge in [0.05, 0.1) is 0 Å². The normalized spacial score (nSPS) is 29.1. The van der Waals surface area contributed by atoms with Crippen molar-refractivity contribution >= 4 is 0 Å². The molecule has 2 nitrogen and oxygen atoms in total. The number of hydrogen-bond acceptors (Lipinski definition) is 2. The van der Waals surface area contributed by atoms with Crippen molar-refractivity contribution in [3.63, 3.8) is 0 Å². The van der Waals surface area contributed by atoms with Crippen LogP contribution in [0.1, 0.15) is 33.1 Å². The fraction of sp³-hybridized carbons (Fsp3) is 1.00. The lowest BCUT2D eigenvalue weighted by Crippen LogP contribution is -2.35. The van der Waals surface area contributed by atoms with Crippen molar-refractivity contribution < 1.29 is 0 Å². The van der Waals surface area contributed by atoms with Crippen molar-refractivity contribution in [2.75, 3.05) is 20.1 Å². The molecule has 1 aliphatic rings. The molecular weight excluding hydrogens is 160 g/mol. The predicted octanol–water partition coefficient (Wildman–Crippen LogP) is 1.70. The molecule has 2 heteroatoms. The summed E-state index contributed by atoms with van der Waals surface area (Å²) in [7, 11) is 2.21. The minimum atomic E-state index is 0.467. The highest BCUT2D eigenvalue weighted by Crippen LogP contribution is 2.24. The second-order valence-electron chi connectivity index (χ2n) is 4.97. The van der Waals surface area contributed by atoms with Crippen molar-refractivity contribution in [2.24, 2.45) is 17.6 Å². The summed E-state index contributed by atoms with van der Waals surface area (Å²) in [5.74, 6) is 1.52. The van der Waals surface area contributed by atoms with Gasteiger partial charge in [0, 0.05) is 19.1 Å². The van der Waals surface area contributed by atoms with Gasteiger partial charge in [0.2, 0.25) is 0 Å². The first-order chi connectivity index (χ1) is 6.09. The van der Waals surface area contributed by atoms with Crippen LogP contribution in [0.4, 0.5) is 0 Å². The van der Waals surface area contributed by atoms with Gasteiger partial charge < -0.3 is 10.6 Å². The van der Waals surface area contributed by atoms with Gasteiger partial charge in [0.25, 0.3) is 0 Å². The highest BCUT2D eigenvalue weighted by molar-refractivity contribution is 4.81. The molecule has 0 aromatic heterocycles. The van der Waals surface area contributed by atoms with Crippen molar-refractivity contribution in [1.82, 2.24) is 4.90 Å². The van der Waals surface area contributed by atoms with E-state index in [1.165, 1.54) is 32.4 Å². The molecule has 2 N–H and O–H groups in total. The van der Waals surface area contributed by atoms with E-state index < -0.39 is 0 Å². The maximum Gasteiger partial charge on any atom is 0.00793 e. The second-order valence-corrected chi connectivity index (χ2v) is 4.97. The standard InChI is InChI=1S/C11H24N2/c1-9(2)7-13(3)8-10-5-4-6-11(10)12/h9-11H,4-8,12H2,1-3H3. The molecule has 78 valence electrons. The summed E-state index contributed by atoms with van der Waals surface area (Å²) in [6.07, 6.45) is 3.91. The smallest absolute Gasteiger partial charge is 0.00793 e. The van der Waals surface area contributed by atoms with Gasteiger partial charge in [-0.25, -0.2) is 0 Å². The zero-order chi connectivity index (χ0) is 9.84. The molecule has 0 amide bonds. The van der Waals surface area contributed by atoms with Gasteiger partial charge >= 0.3 is 0 Å². The third kappa shape index (κ3) is 3.65. The zero-order valence-electron chi connectivity index (χ0n) is 9.29. The van der Waals surface area contributed by atoms with Crippen LogP contribution >= 0.6 is 0 Å². The molecule has 2 unspecified atom stereocenters. The van der Waals surface area contributed by atoms with E-state index in [0.29, 0.717) is 6.04 Å². The summed E-state index contributed by atoms with van der Waals surface area (Å²) in [5.41, 5.74) is 6.03. The predicted molar refractivity (Wildman–Crippen MR) is 57.7 cm³/mol. The molecule has 1 saturated carbocycles. The summed E-state index contributed by atoms with van der Waals surface area (Å²) in [5, 5.41) is 0. The minimum absolute atomic E-state index is 0.467. The largest absolute Gasteiger partial charge is 0.327 e. The molecule has 0 aromatic carbocycles. The highest BCUT2D eigenvalue weighted by atomic mass is 15.1. The lowest BCUT2D eigenvalue weighted by atomic mass is 10.0. The molecule has 0 aromatic rings. The first kappa shape index (κ1) is 11.0. The van der Waals surface area contributed by atoms with Crippen LogP contribution < -0.4 is 5.73 Å². The highest BCUT2D eigenvalue weighted by Gasteiger charge is 2.24. The SMILES string of the molecule is CC(C)CN(C)CC1CCCC1N. The number of rotatable bonds is 4. The van der Waals surface area contributed by atoms with Crippen molar-refractivity contribution in [3.05, 3.63) is 0 Å². The Balaban J connectivity index is 2.22. The molecule has 0 aliphatic heterocycles. The fourth-order valence-electron chi connectivity index (χ4n) is 2.39. The van der Waals surface area contributed by atoms with Gasteiger partial charge in [-0.15, -0.1) is 0 Å². The number of hydrogen-bond donors (Lipinski definition) is 1. The first-order valence-electron chi connectivity index (χ1n) is 5.53. The molecule has 0 saturated heterocycles. The van der Waals surface area contributed by atoms with Gasteiger partial charge in [0.15, 0.2) is 0 Å². The van der Waals surface area contributed by atoms with Crippen molar-refractivity contribution in [3.8, 4) is 0 Å². The molecular formula is C11H24N2. The van der Waals surface area contributed by atoms with Crippen LogP contribution in [0.3, 0.4) is 0 Å². The average molecular weight is 184 g/mol. The van der Waals surface area contributed by atoms with Gasteiger partial charge in [-0.1, -0.05) is 20.3 Å². The van der Waals surface area contributed by atoms with Crippen LogP contribution in [-0.4, -0.2) is 31.1 Å². The van der Waals surface area contributed by atoms with E-state index >= 15 is 0 Å². The molecule has 0 radical (unpaired) electrons. The van der Waals surface area contributed by atoms with Crippen LogP contribution in [0.25, 0.3) is 0 Å². The van der Waals surface area contributed by atoms with E-state index in [1.807, 2.05) is 0 Å². The van der Waals surface area contributed by atoms with Crippen LogP contribution in [-0.2, 0) is 0 Å². The van der Waals surface area contributed by atoms with Crippen LogP contribution in [0, 0.1) is 11.8 Å². The molecule has 13 heavy (non-hydrogen) atoms. The van der Waals surface area contributed by atoms with Crippen LogP contribution in [0.2, 0.25) is 0 Å². The molecule has 1 fully saturated rings. The van der Waals surface area contributed by atoms with E-state index in [-0.39, 0.29) is 0 Å².